The molecule has 0 saturated carbocycles. The maximum atomic E-state index is 8.74. The second-order valence-electron chi connectivity index (χ2n) is 3.53. The van der Waals surface area contributed by atoms with E-state index in [1.165, 1.54) is 10.9 Å². The number of H-pyrrole nitrogens is 1. The van der Waals surface area contributed by atoms with Gasteiger partial charge >= 0.3 is 10.4 Å². The van der Waals surface area contributed by atoms with Crippen LogP contribution in [0, 0.1) is 0 Å². The minimum Gasteiger partial charge on any atom is -0.394 e. The van der Waals surface area contributed by atoms with Crippen molar-refractivity contribution in [2.75, 3.05) is 13.2 Å². The van der Waals surface area contributed by atoms with Crippen molar-refractivity contribution in [1.82, 2.24) is 4.98 Å². The normalized spacial score (nSPS) is 10.5. The number of benzene rings is 1. The fourth-order valence-electron chi connectivity index (χ4n) is 1.05. The molecule has 2 rings (SSSR count). The fourth-order valence-corrected chi connectivity index (χ4v) is 1.05. The zero-order valence-corrected chi connectivity index (χ0v) is 11.2. The van der Waals surface area contributed by atoms with E-state index in [0.717, 1.165) is 0 Å². The van der Waals surface area contributed by atoms with Crippen LogP contribution in [0.25, 0.3) is 10.9 Å². The minimum absolute atomic E-state index is 0.365. The Kier molecular flexibility index (Phi) is 8.72. The number of aromatic amines is 1. The molecule has 0 saturated heterocycles. The number of nitrogens with one attached hydrogen (secondary N) is 1. The first-order valence-corrected chi connectivity index (χ1v) is 6.79. The van der Waals surface area contributed by atoms with E-state index in [-0.39, 0.29) is 13.2 Å². The number of hydrogen-bond acceptors (Lipinski definition) is 5. The summed E-state index contributed by atoms with van der Waals surface area (Å²) in [6.07, 6.45) is 0.995. The molecule has 0 radical (unpaired) electrons. The lowest BCUT2D eigenvalue weighted by Crippen LogP contribution is -2.15. The largest absolute Gasteiger partial charge is 0.394 e. The summed E-state index contributed by atoms with van der Waals surface area (Å²) in [5.74, 6) is 0. The van der Waals surface area contributed by atoms with Gasteiger partial charge in [0.2, 0.25) is 0 Å². The van der Waals surface area contributed by atoms with Crippen LogP contribution in [0.4, 0.5) is 0 Å². The summed E-state index contributed by atoms with van der Waals surface area (Å²) in [5, 5.41) is 25.3. The molecule has 0 aliphatic heterocycles. The average Bonchev–Trinajstić information content (AvgIpc) is 2.84. The van der Waals surface area contributed by atoms with E-state index in [1.807, 2.05) is 18.3 Å². The van der Waals surface area contributed by atoms with Crippen molar-refractivity contribution in [1.29, 1.82) is 0 Å². The Bertz CT molecular complexity index is 539. The molecule has 0 aliphatic rings. The predicted octanol–water partition coefficient (Wildman–Crippen LogP) is -0.153. The number of para-hydroxylation sites is 1. The molecule has 0 unspecified atom stereocenters. The standard InChI is InChI=1S/C8H7N.C3H8O3.H2O4S/c1-2-4-8-7(3-1)5-6-9-8;4-1-3(6)2-5;1-5(2,3)4/h1-6,9H;3-6H,1-2H2;(H2,1,2,3,4). The molecule has 1 heterocycles. The molecule has 1 aromatic heterocycles. The first-order valence-electron chi connectivity index (χ1n) is 5.39. The van der Waals surface area contributed by atoms with Gasteiger partial charge < -0.3 is 20.3 Å². The lowest BCUT2D eigenvalue weighted by atomic mass is 10.3. The quantitative estimate of drug-likeness (QED) is 0.422. The van der Waals surface area contributed by atoms with Gasteiger partial charge in [-0.2, -0.15) is 8.42 Å². The zero-order valence-electron chi connectivity index (χ0n) is 10.4. The summed E-state index contributed by atoms with van der Waals surface area (Å²) in [4.78, 5) is 3.12. The highest BCUT2D eigenvalue weighted by atomic mass is 32.3. The Morgan fingerprint density at radius 3 is 1.95 bits per heavy atom. The second-order valence-corrected chi connectivity index (χ2v) is 4.43. The van der Waals surface area contributed by atoms with Gasteiger partial charge in [0.25, 0.3) is 0 Å². The Morgan fingerprint density at radius 2 is 1.55 bits per heavy atom. The highest BCUT2D eigenvalue weighted by Gasteiger charge is 1.93. The third-order valence-corrected chi connectivity index (χ3v) is 1.88. The van der Waals surface area contributed by atoms with Gasteiger partial charge in [-0.3, -0.25) is 9.11 Å². The van der Waals surface area contributed by atoms with E-state index in [2.05, 4.69) is 23.2 Å². The fraction of sp³-hybridized carbons (Fsp3) is 0.273. The van der Waals surface area contributed by atoms with Crippen LogP contribution in [0.1, 0.15) is 0 Å². The van der Waals surface area contributed by atoms with Gasteiger partial charge in [0.15, 0.2) is 0 Å². The van der Waals surface area contributed by atoms with E-state index in [1.54, 1.807) is 0 Å². The summed E-state index contributed by atoms with van der Waals surface area (Å²) in [5.41, 5.74) is 1.21. The number of aliphatic hydroxyl groups is 3. The van der Waals surface area contributed by atoms with Crippen molar-refractivity contribution in [2.45, 2.75) is 6.10 Å². The summed E-state index contributed by atoms with van der Waals surface area (Å²) in [6.45, 7) is -0.729. The average molecular weight is 307 g/mol. The lowest BCUT2D eigenvalue weighted by molar-refractivity contribution is 0.0450. The summed E-state index contributed by atoms with van der Waals surface area (Å²) >= 11 is 0. The van der Waals surface area contributed by atoms with Gasteiger partial charge in [-0.05, 0) is 17.5 Å². The molecule has 20 heavy (non-hydrogen) atoms. The van der Waals surface area contributed by atoms with Crippen molar-refractivity contribution in [3.63, 3.8) is 0 Å². The topological polar surface area (TPSA) is 151 Å². The van der Waals surface area contributed by atoms with Gasteiger partial charge in [-0.1, -0.05) is 18.2 Å². The molecule has 114 valence electrons. The number of aromatic nitrogens is 1. The molecule has 0 aliphatic carbocycles. The maximum Gasteiger partial charge on any atom is 0.394 e. The van der Waals surface area contributed by atoms with Gasteiger partial charge in [-0.15, -0.1) is 0 Å². The SMILES string of the molecule is O=S(=O)(O)O.OCC(O)CO.c1ccc2[nH]ccc2c1. The Labute approximate surface area is 115 Å². The number of hydrogen-bond donors (Lipinski definition) is 6. The summed E-state index contributed by atoms with van der Waals surface area (Å²) < 4.78 is 31.6. The van der Waals surface area contributed by atoms with Crippen LogP contribution in [0.5, 0.6) is 0 Å². The van der Waals surface area contributed by atoms with Crippen LogP contribution in [0.2, 0.25) is 0 Å². The second kappa shape index (κ2) is 9.42. The third kappa shape index (κ3) is 10.4. The Balaban J connectivity index is 0.000000291. The molecule has 0 atom stereocenters. The van der Waals surface area contributed by atoms with Crippen molar-refractivity contribution >= 4 is 21.3 Å². The lowest BCUT2D eigenvalue weighted by Gasteiger charge is -1.96. The first kappa shape index (κ1) is 18.5. The van der Waals surface area contributed by atoms with E-state index in [9.17, 15) is 0 Å². The highest BCUT2D eigenvalue weighted by molar-refractivity contribution is 7.79. The number of fused-ring (bicyclic) bond motifs is 1. The van der Waals surface area contributed by atoms with E-state index >= 15 is 0 Å². The minimum atomic E-state index is -4.67. The number of rotatable bonds is 2. The number of aliphatic hydroxyl groups excluding tert-OH is 3. The summed E-state index contributed by atoms with van der Waals surface area (Å²) in [6, 6.07) is 10.3. The van der Waals surface area contributed by atoms with Gasteiger partial charge in [0.1, 0.15) is 6.10 Å². The Hall–Kier alpha value is -1.49. The molecule has 6 N–H and O–H groups in total. The molecule has 0 bridgehead atoms. The van der Waals surface area contributed by atoms with E-state index in [4.69, 9.17) is 32.8 Å². The van der Waals surface area contributed by atoms with Gasteiger partial charge in [0, 0.05) is 11.7 Å². The molecule has 0 amide bonds. The van der Waals surface area contributed by atoms with Crippen molar-refractivity contribution in [2.24, 2.45) is 0 Å². The predicted molar refractivity (Wildman–Crippen MR) is 72.7 cm³/mol. The summed E-state index contributed by atoms with van der Waals surface area (Å²) in [7, 11) is -4.67. The smallest absolute Gasteiger partial charge is 0.394 e. The van der Waals surface area contributed by atoms with Crippen molar-refractivity contribution in [3.05, 3.63) is 36.5 Å². The molecular weight excluding hydrogens is 290 g/mol. The zero-order chi connectivity index (χ0) is 15.6. The van der Waals surface area contributed by atoms with Gasteiger partial charge in [0.05, 0.1) is 13.2 Å². The molecule has 9 heteroatoms. The van der Waals surface area contributed by atoms with Crippen LogP contribution < -0.4 is 0 Å². The highest BCUT2D eigenvalue weighted by Crippen LogP contribution is 2.09. The van der Waals surface area contributed by atoms with Crippen LogP contribution in [0.15, 0.2) is 36.5 Å². The monoisotopic (exact) mass is 307 g/mol. The van der Waals surface area contributed by atoms with Crippen LogP contribution in [-0.4, -0.2) is 57.1 Å². The van der Waals surface area contributed by atoms with Crippen LogP contribution in [-0.2, 0) is 10.4 Å². The van der Waals surface area contributed by atoms with Gasteiger partial charge in [-0.25, -0.2) is 0 Å². The Morgan fingerprint density at radius 1 is 1.05 bits per heavy atom. The first-order chi connectivity index (χ1) is 9.27. The van der Waals surface area contributed by atoms with Crippen molar-refractivity contribution in [3.8, 4) is 0 Å². The molecule has 8 nitrogen and oxygen atoms in total. The molecule has 0 fully saturated rings. The van der Waals surface area contributed by atoms with Crippen LogP contribution in [0.3, 0.4) is 0 Å². The van der Waals surface area contributed by atoms with Crippen molar-refractivity contribution < 1.29 is 32.8 Å². The maximum absolute atomic E-state index is 8.74. The van der Waals surface area contributed by atoms with Crippen LogP contribution >= 0.6 is 0 Å². The van der Waals surface area contributed by atoms with E-state index < -0.39 is 16.5 Å². The third-order valence-electron chi connectivity index (χ3n) is 1.88. The molecule has 1 aromatic carbocycles. The van der Waals surface area contributed by atoms with E-state index in [0.29, 0.717) is 0 Å². The molecular formula is C11H17NO7S. The molecule has 2 aromatic rings. The molecule has 0 spiro atoms.